The van der Waals surface area contributed by atoms with Crippen molar-refractivity contribution in [1.29, 1.82) is 0 Å². The number of hydrogen-bond acceptors (Lipinski definition) is 0. The summed E-state index contributed by atoms with van der Waals surface area (Å²) in [6.07, 6.45) is 6.82. The molecule has 0 aromatic heterocycles. The first kappa shape index (κ1) is 24.4. The lowest BCUT2D eigenvalue weighted by Gasteiger charge is -2.46. The molecule has 0 N–H and O–H groups in total. The van der Waals surface area contributed by atoms with Crippen molar-refractivity contribution < 1.29 is 0 Å². The summed E-state index contributed by atoms with van der Waals surface area (Å²) in [5, 5.41) is 0. The lowest BCUT2D eigenvalue weighted by molar-refractivity contribution is 0.563. The van der Waals surface area contributed by atoms with Crippen molar-refractivity contribution in [3.63, 3.8) is 0 Å². The van der Waals surface area contributed by atoms with Crippen LogP contribution in [-0.4, -0.2) is 0 Å². The molecule has 0 saturated heterocycles. The fraction of sp³-hybridized carbons (Fsp3) is 0.171. The van der Waals surface area contributed by atoms with E-state index in [0.29, 0.717) is 0 Å². The van der Waals surface area contributed by atoms with Crippen LogP contribution in [0.4, 0.5) is 0 Å². The number of allylic oxidation sites excluding steroid dienone is 4. The van der Waals surface area contributed by atoms with Crippen molar-refractivity contribution in [3.05, 3.63) is 177 Å². The molecule has 0 unspecified atom stereocenters. The van der Waals surface area contributed by atoms with Crippen LogP contribution in [0.5, 0.6) is 0 Å². The molecule has 0 radical (unpaired) electrons. The Bertz CT molecular complexity index is 1860. The second kappa shape index (κ2) is 8.79. The first-order chi connectivity index (χ1) is 20.0. The van der Waals surface area contributed by atoms with E-state index in [2.05, 4.69) is 148 Å². The second-order valence-electron chi connectivity index (χ2n) is 12.5. The third kappa shape index (κ3) is 3.34. The van der Waals surface area contributed by atoms with E-state index in [-0.39, 0.29) is 10.8 Å². The minimum Gasteiger partial charge on any atom is -0.0619 e. The molecule has 3 aliphatic carbocycles. The van der Waals surface area contributed by atoms with E-state index in [4.69, 9.17) is 0 Å². The summed E-state index contributed by atoms with van der Waals surface area (Å²) in [4.78, 5) is 0. The summed E-state index contributed by atoms with van der Waals surface area (Å²) in [6, 6.07) is 43.7. The van der Waals surface area contributed by atoms with Gasteiger partial charge in [0, 0.05) is 5.41 Å². The van der Waals surface area contributed by atoms with Gasteiger partial charge in [-0.1, -0.05) is 141 Å². The number of hydrogen-bond donors (Lipinski definition) is 0. The van der Waals surface area contributed by atoms with Crippen LogP contribution in [0, 0.1) is 6.92 Å². The Morgan fingerprint density at radius 1 is 0.463 bits per heavy atom. The van der Waals surface area contributed by atoms with Crippen molar-refractivity contribution in [2.24, 2.45) is 0 Å². The molecular formula is C41H34. The van der Waals surface area contributed by atoms with Crippen LogP contribution in [0.25, 0.3) is 22.3 Å². The second-order valence-corrected chi connectivity index (χ2v) is 12.5. The van der Waals surface area contributed by atoms with Crippen molar-refractivity contribution >= 4 is 11.1 Å². The molecule has 1 spiro atoms. The molecule has 0 nitrogen and oxygen atoms in total. The summed E-state index contributed by atoms with van der Waals surface area (Å²) >= 11 is 0. The van der Waals surface area contributed by atoms with Gasteiger partial charge in [-0.25, -0.2) is 0 Å². The van der Waals surface area contributed by atoms with Crippen molar-refractivity contribution in [2.45, 2.75) is 44.4 Å². The first-order valence-electron chi connectivity index (χ1n) is 14.9. The highest BCUT2D eigenvalue weighted by molar-refractivity contribution is 5.90. The standard InChI is InChI=1S/C41H34/c1-27-16-18-28(19-17-27)29-20-22-30(23-21-29)31-24-25-35-33(26-31)32-10-4-5-11-34(32)41(35)38-14-8-6-12-36(38)40(2,3)37-13-7-9-15-39(37)41/h4-20,22,24-26H,21,23H2,1-3H3. The number of rotatable bonds is 2. The molecule has 0 aliphatic heterocycles. The van der Waals surface area contributed by atoms with Crippen LogP contribution < -0.4 is 0 Å². The van der Waals surface area contributed by atoms with E-state index >= 15 is 0 Å². The van der Waals surface area contributed by atoms with Gasteiger partial charge >= 0.3 is 0 Å². The zero-order valence-corrected chi connectivity index (χ0v) is 24.0. The molecule has 5 aromatic rings. The summed E-state index contributed by atoms with van der Waals surface area (Å²) in [5.74, 6) is 0. The van der Waals surface area contributed by atoms with Crippen LogP contribution in [0.15, 0.2) is 127 Å². The van der Waals surface area contributed by atoms with Crippen LogP contribution in [0.1, 0.15) is 76.8 Å². The van der Waals surface area contributed by atoms with Crippen LogP contribution >= 0.6 is 0 Å². The van der Waals surface area contributed by atoms with E-state index in [1.165, 1.54) is 72.3 Å². The highest BCUT2D eigenvalue weighted by Crippen LogP contribution is 2.62. The molecule has 8 rings (SSSR count). The molecular weight excluding hydrogens is 492 g/mol. The van der Waals surface area contributed by atoms with Crippen molar-refractivity contribution in [1.82, 2.24) is 0 Å². The zero-order chi connectivity index (χ0) is 27.8. The van der Waals surface area contributed by atoms with E-state index in [9.17, 15) is 0 Å². The first-order valence-corrected chi connectivity index (χ1v) is 14.9. The lowest BCUT2D eigenvalue weighted by atomic mass is 9.55. The zero-order valence-electron chi connectivity index (χ0n) is 24.0. The highest BCUT2D eigenvalue weighted by Gasteiger charge is 2.53. The third-order valence-corrected chi connectivity index (χ3v) is 10.00. The third-order valence-electron chi connectivity index (χ3n) is 10.00. The molecule has 0 heterocycles. The monoisotopic (exact) mass is 526 g/mol. The minimum atomic E-state index is -0.313. The summed E-state index contributed by atoms with van der Waals surface area (Å²) in [5.41, 5.74) is 17.7. The maximum absolute atomic E-state index is 2.48. The molecule has 0 amide bonds. The Morgan fingerprint density at radius 2 is 0.951 bits per heavy atom. The predicted octanol–water partition coefficient (Wildman–Crippen LogP) is 10.3. The molecule has 0 heteroatoms. The number of fused-ring (bicyclic) bond motifs is 9. The van der Waals surface area contributed by atoms with Gasteiger partial charge in [-0.05, 0) is 92.6 Å². The van der Waals surface area contributed by atoms with E-state index in [1.54, 1.807) is 0 Å². The fourth-order valence-corrected chi connectivity index (χ4v) is 7.95. The number of aryl methyl sites for hydroxylation is 1. The SMILES string of the molecule is Cc1ccc(C2=CC=C(c3ccc4c(c3)-c3ccccc3C43c4ccccc4C(C)(C)c4ccccc43)CC2)cc1. The van der Waals surface area contributed by atoms with E-state index < -0.39 is 0 Å². The van der Waals surface area contributed by atoms with Crippen LogP contribution in [0.2, 0.25) is 0 Å². The van der Waals surface area contributed by atoms with Gasteiger partial charge in [0.25, 0.3) is 0 Å². The predicted molar refractivity (Wildman–Crippen MR) is 172 cm³/mol. The Hall–Kier alpha value is -4.42. The van der Waals surface area contributed by atoms with Crippen LogP contribution in [-0.2, 0) is 10.8 Å². The fourth-order valence-electron chi connectivity index (χ4n) is 7.95. The van der Waals surface area contributed by atoms with Gasteiger partial charge in [0.05, 0.1) is 5.41 Å². The molecule has 3 aliphatic rings. The summed E-state index contributed by atoms with van der Waals surface area (Å²) < 4.78 is 0. The molecule has 0 bridgehead atoms. The van der Waals surface area contributed by atoms with Gasteiger partial charge in [-0.2, -0.15) is 0 Å². The highest BCUT2D eigenvalue weighted by atomic mass is 14.5. The average Bonchev–Trinajstić information content (AvgIpc) is 3.31. The lowest BCUT2D eigenvalue weighted by Crippen LogP contribution is -2.40. The maximum Gasteiger partial charge on any atom is 0.0719 e. The van der Waals surface area contributed by atoms with Gasteiger partial charge in [0.1, 0.15) is 0 Å². The van der Waals surface area contributed by atoms with Gasteiger partial charge < -0.3 is 0 Å². The quantitative estimate of drug-likeness (QED) is 0.210. The molecule has 5 aromatic carbocycles. The van der Waals surface area contributed by atoms with Gasteiger partial charge in [0.2, 0.25) is 0 Å². The number of benzene rings is 5. The Balaban J connectivity index is 1.33. The normalized spacial score (nSPS) is 17.1. The van der Waals surface area contributed by atoms with Crippen molar-refractivity contribution in [2.75, 3.05) is 0 Å². The van der Waals surface area contributed by atoms with Crippen LogP contribution in [0.3, 0.4) is 0 Å². The molecule has 0 saturated carbocycles. The van der Waals surface area contributed by atoms with Gasteiger partial charge in [-0.15, -0.1) is 0 Å². The van der Waals surface area contributed by atoms with E-state index in [1.807, 2.05) is 0 Å². The van der Waals surface area contributed by atoms with E-state index in [0.717, 1.165) is 12.8 Å². The summed E-state index contributed by atoms with van der Waals surface area (Å²) in [7, 11) is 0. The average molecular weight is 527 g/mol. The molecule has 41 heavy (non-hydrogen) atoms. The minimum absolute atomic E-state index is 0.0650. The summed E-state index contributed by atoms with van der Waals surface area (Å²) in [6.45, 7) is 6.92. The van der Waals surface area contributed by atoms with Gasteiger partial charge in [0.15, 0.2) is 0 Å². The Labute approximate surface area is 243 Å². The maximum atomic E-state index is 2.48. The molecule has 0 atom stereocenters. The largest absolute Gasteiger partial charge is 0.0719 e. The Kier molecular flexibility index (Phi) is 5.23. The van der Waals surface area contributed by atoms with Gasteiger partial charge in [-0.3, -0.25) is 0 Å². The smallest absolute Gasteiger partial charge is 0.0619 e. The topological polar surface area (TPSA) is 0 Å². The molecule has 0 fully saturated rings. The molecule has 198 valence electrons. The Morgan fingerprint density at radius 3 is 1.56 bits per heavy atom. The van der Waals surface area contributed by atoms with Crippen molar-refractivity contribution in [3.8, 4) is 11.1 Å².